The molecule has 1 atom stereocenters. The van der Waals surface area contributed by atoms with Crippen molar-refractivity contribution >= 4 is 28.3 Å². The highest BCUT2D eigenvalue weighted by atomic mass is 16.6. The Morgan fingerprint density at radius 2 is 0.778 bits per heavy atom. The maximum atomic E-state index is 12.6. The SMILES string of the molecule is N[C@@H](Cc1ccccc1)C(=O)OCCOc1ccc(C2=c3ccc([nH]3)=C(c3ccccc3)c3ccc([nH]3)C(c3ccccc3)=c3ccc([nH]3)=C(c3ccccc3)c3ccc2[nH]3)cc1. The maximum Gasteiger partial charge on any atom is 0.323 e. The molecule has 63 heavy (non-hydrogen) atoms. The van der Waals surface area contributed by atoms with Crippen molar-refractivity contribution in [1.82, 2.24) is 19.9 Å². The zero-order chi connectivity index (χ0) is 42.5. The minimum absolute atomic E-state index is 0.0909. The molecule has 0 fully saturated rings. The second-order valence-corrected chi connectivity index (χ2v) is 15.6. The first kappa shape index (κ1) is 39.1. The number of carbonyl (C=O) groups excluding carboxylic acids is 1. The van der Waals surface area contributed by atoms with Crippen LogP contribution in [0.15, 0.2) is 194 Å². The average molecular weight is 824 g/mol. The van der Waals surface area contributed by atoms with Crippen molar-refractivity contribution in [2.24, 2.45) is 5.73 Å². The first-order valence-electron chi connectivity index (χ1n) is 21.2. The van der Waals surface area contributed by atoms with Crippen molar-refractivity contribution in [3.8, 4) is 5.75 Å². The van der Waals surface area contributed by atoms with Crippen LogP contribution in [0.3, 0.4) is 0 Å². The van der Waals surface area contributed by atoms with Crippen LogP contribution in [-0.4, -0.2) is 45.2 Å². The molecule has 308 valence electrons. The number of benzene rings is 5. The number of fused-ring (bicyclic) bond motifs is 8. The Morgan fingerprint density at radius 1 is 0.413 bits per heavy atom. The summed E-state index contributed by atoms with van der Waals surface area (Å²) in [4.78, 5) is 28.0. The molecule has 8 bridgehead atoms. The molecule has 10 rings (SSSR count). The van der Waals surface area contributed by atoms with Gasteiger partial charge in [-0.2, -0.15) is 0 Å². The molecule has 5 aromatic carbocycles. The van der Waals surface area contributed by atoms with E-state index in [1.807, 2.05) is 54.6 Å². The van der Waals surface area contributed by atoms with Gasteiger partial charge in [-0.3, -0.25) is 4.79 Å². The van der Waals surface area contributed by atoms with Gasteiger partial charge in [-0.15, -0.1) is 0 Å². The van der Waals surface area contributed by atoms with E-state index in [4.69, 9.17) is 15.2 Å². The third-order valence-corrected chi connectivity index (χ3v) is 11.4. The van der Waals surface area contributed by atoms with Crippen LogP contribution in [-0.2, 0) is 16.0 Å². The summed E-state index contributed by atoms with van der Waals surface area (Å²) in [5.41, 5.74) is 19.4. The number of hydrogen-bond donors (Lipinski definition) is 5. The summed E-state index contributed by atoms with van der Waals surface area (Å²) < 4.78 is 11.5. The van der Waals surface area contributed by atoms with Crippen LogP contribution in [0.25, 0.3) is 22.3 Å². The van der Waals surface area contributed by atoms with Crippen molar-refractivity contribution in [3.63, 3.8) is 0 Å². The van der Waals surface area contributed by atoms with Gasteiger partial charge in [-0.05, 0) is 94.9 Å². The van der Waals surface area contributed by atoms with Crippen molar-refractivity contribution in [3.05, 3.63) is 266 Å². The second-order valence-electron chi connectivity index (χ2n) is 15.6. The highest BCUT2D eigenvalue weighted by Crippen LogP contribution is 2.28. The monoisotopic (exact) mass is 823 g/mol. The summed E-state index contributed by atoms with van der Waals surface area (Å²) in [6.45, 7) is 0.287. The average Bonchev–Trinajstić information content (AvgIpc) is 4.18. The third-order valence-electron chi connectivity index (χ3n) is 11.4. The number of carbonyl (C=O) groups is 1. The van der Waals surface area contributed by atoms with E-state index >= 15 is 0 Å². The van der Waals surface area contributed by atoms with Crippen LogP contribution in [0.5, 0.6) is 5.75 Å². The van der Waals surface area contributed by atoms with E-state index < -0.39 is 12.0 Å². The van der Waals surface area contributed by atoms with Crippen LogP contribution in [0, 0.1) is 0 Å². The number of rotatable bonds is 11. The first-order valence-corrected chi connectivity index (χ1v) is 21.2. The minimum atomic E-state index is -0.742. The van der Waals surface area contributed by atoms with Gasteiger partial charge < -0.3 is 35.1 Å². The smallest absolute Gasteiger partial charge is 0.323 e. The molecule has 5 heterocycles. The van der Waals surface area contributed by atoms with E-state index in [0.717, 1.165) is 94.3 Å². The molecule has 9 aromatic rings. The summed E-state index contributed by atoms with van der Waals surface area (Å²) in [5, 5.41) is 3.90. The van der Waals surface area contributed by atoms with Crippen molar-refractivity contribution in [2.75, 3.05) is 13.2 Å². The predicted molar refractivity (Wildman–Crippen MR) is 248 cm³/mol. The lowest BCUT2D eigenvalue weighted by atomic mass is 10.0. The van der Waals surface area contributed by atoms with Crippen molar-refractivity contribution in [2.45, 2.75) is 12.5 Å². The van der Waals surface area contributed by atoms with Gasteiger partial charge >= 0.3 is 5.97 Å². The lowest BCUT2D eigenvalue weighted by Crippen LogP contribution is -2.35. The predicted octanol–water partition coefficient (Wildman–Crippen LogP) is 6.79. The van der Waals surface area contributed by atoms with Gasteiger partial charge in [0.1, 0.15) is 25.0 Å². The molecule has 8 heteroatoms. The van der Waals surface area contributed by atoms with Crippen LogP contribution >= 0.6 is 0 Å². The number of esters is 1. The van der Waals surface area contributed by atoms with E-state index in [9.17, 15) is 4.79 Å². The van der Waals surface area contributed by atoms with Crippen LogP contribution in [0.1, 0.15) is 50.6 Å². The molecule has 0 spiro atoms. The minimum Gasteiger partial charge on any atom is -0.490 e. The largest absolute Gasteiger partial charge is 0.490 e. The fourth-order valence-corrected chi connectivity index (χ4v) is 8.46. The lowest BCUT2D eigenvalue weighted by Gasteiger charge is -2.13. The molecule has 0 aliphatic carbocycles. The number of H-pyrrole nitrogens is 4. The topological polar surface area (TPSA) is 125 Å². The Morgan fingerprint density at radius 3 is 1.17 bits per heavy atom. The molecule has 0 radical (unpaired) electrons. The zero-order valence-corrected chi connectivity index (χ0v) is 34.5. The van der Waals surface area contributed by atoms with Crippen LogP contribution < -0.4 is 31.9 Å². The Hall–Kier alpha value is -8.07. The number of nitrogens with one attached hydrogen (secondary N) is 4. The van der Waals surface area contributed by atoms with Gasteiger partial charge in [0.05, 0.1) is 0 Å². The highest BCUT2D eigenvalue weighted by molar-refractivity contribution is 5.85. The van der Waals surface area contributed by atoms with Gasteiger partial charge in [0, 0.05) is 66.5 Å². The van der Waals surface area contributed by atoms with E-state index in [1.54, 1.807) is 0 Å². The molecule has 0 saturated carbocycles. The van der Waals surface area contributed by atoms with Crippen LogP contribution in [0.4, 0.5) is 0 Å². The van der Waals surface area contributed by atoms with E-state index in [1.165, 1.54) is 0 Å². The number of aromatic nitrogens is 4. The van der Waals surface area contributed by atoms with Gasteiger partial charge in [-0.1, -0.05) is 133 Å². The Bertz CT molecular complexity index is 3270. The summed E-state index contributed by atoms with van der Waals surface area (Å²) in [5.74, 6) is 0.210. The van der Waals surface area contributed by atoms with Crippen molar-refractivity contribution < 1.29 is 14.3 Å². The quantitative estimate of drug-likeness (QED) is 0.0728. The summed E-state index contributed by atoms with van der Waals surface area (Å²) in [6, 6.07) is 65.8. The Kier molecular flexibility index (Phi) is 10.9. The molecule has 6 N–H and O–H groups in total. The normalized spacial score (nSPS) is 12.9. The first-order chi connectivity index (χ1) is 31.1. The second kappa shape index (κ2) is 17.5. The third kappa shape index (κ3) is 8.23. The number of nitrogens with two attached hydrogens (primary N) is 1. The molecule has 0 unspecified atom stereocenters. The summed E-state index contributed by atoms with van der Waals surface area (Å²) >= 11 is 0. The Balaban J connectivity index is 1.07. The maximum absolute atomic E-state index is 12.6. The highest BCUT2D eigenvalue weighted by Gasteiger charge is 2.19. The molecule has 0 amide bonds. The van der Waals surface area contributed by atoms with Gasteiger partial charge in [0.15, 0.2) is 0 Å². The molecule has 1 aliphatic rings. The molecule has 1 aliphatic heterocycles. The van der Waals surface area contributed by atoms with E-state index in [0.29, 0.717) is 12.2 Å². The van der Waals surface area contributed by atoms with Gasteiger partial charge in [0.25, 0.3) is 0 Å². The van der Waals surface area contributed by atoms with E-state index in [-0.39, 0.29) is 13.2 Å². The number of ether oxygens (including phenoxy) is 2. The van der Waals surface area contributed by atoms with Gasteiger partial charge in [-0.25, -0.2) is 0 Å². The Labute approximate surface area is 364 Å². The fourth-order valence-electron chi connectivity index (χ4n) is 8.46. The summed E-state index contributed by atoms with van der Waals surface area (Å²) in [6.07, 6.45) is 0.413. The molecule has 8 nitrogen and oxygen atoms in total. The molecule has 4 aromatic heterocycles. The zero-order valence-electron chi connectivity index (χ0n) is 34.5. The fraction of sp³-hybridized carbons (Fsp3) is 0.0727. The number of hydrogen-bond acceptors (Lipinski definition) is 4. The molecular formula is C55H45N5O3. The number of aromatic amines is 4. The van der Waals surface area contributed by atoms with Crippen LogP contribution in [0.2, 0.25) is 0 Å². The lowest BCUT2D eigenvalue weighted by molar-refractivity contribution is -0.145. The van der Waals surface area contributed by atoms with E-state index in [2.05, 4.69) is 159 Å². The molecular weight excluding hydrogens is 779 g/mol. The summed E-state index contributed by atoms with van der Waals surface area (Å²) in [7, 11) is 0. The standard InChI is InChI=1S/C55H45N5O3/c56-42(35-36-13-5-1-6-14-36)55(61)63-34-33-62-41-23-21-40(22-24-41)54-49-31-29-47(59-49)52(38-17-9-3-10-18-38)45-27-25-43(57-45)51(37-15-7-2-8-16-37)44-26-28-46(58-44)53(39-19-11-4-12-20-39)48-30-32-50(54)60-48/h1-32,42,57-60H,33-35,56H2/t42-/m0/s1. The van der Waals surface area contributed by atoms with Crippen molar-refractivity contribution in [1.29, 1.82) is 0 Å². The molecule has 0 saturated heterocycles. The van der Waals surface area contributed by atoms with Gasteiger partial charge in [0.2, 0.25) is 0 Å².